The van der Waals surface area contributed by atoms with Gasteiger partial charge in [-0.3, -0.25) is 0 Å². The first-order valence-corrected chi connectivity index (χ1v) is 10.7. The molecule has 4 rings (SSSR count). The van der Waals surface area contributed by atoms with Crippen LogP contribution in [0.5, 0.6) is 11.5 Å². The Morgan fingerprint density at radius 2 is 1.57 bits per heavy atom. The van der Waals surface area contributed by atoms with E-state index in [1.165, 1.54) is 38.9 Å². The molecule has 0 aliphatic heterocycles. The molecular formula is C27H30N2O. The molecule has 0 saturated carbocycles. The molecule has 0 unspecified atom stereocenters. The number of para-hydroxylation sites is 1. The van der Waals surface area contributed by atoms with E-state index < -0.39 is 0 Å². The zero-order valence-corrected chi connectivity index (χ0v) is 18.1. The van der Waals surface area contributed by atoms with Gasteiger partial charge < -0.3 is 15.5 Å². The lowest BCUT2D eigenvalue weighted by molar-refractivity contribution is 0.483. The summed E-state index contributed by atoms with van der Waals surface area (Å²) in [6.45, 7) is 7.29. The number of aromatic amines is 1. The van der Waals surface area contributed by atoms with Crippen molar-refractivity contribution in [3.8, 4) is 22.8 Å². The third-order valence-electron chi connectivity index (χ3n) is 5.66. The van der Waals surface area contributed by atoms with Crippen molar-refractivity contribution in [3.63, 3.8) is 0 Å². The number of aromatic nitrogens is 1. The molecule has 154 valence electrons. The van der Waals surface area contributed by atoms with Crippen LogP contribution >= 0.6 is 0 Å². The van der Waals surface area contributed by atoms with Gasteiger partial charge in [-0.1, -0.05) is 35.9 Å². The highest BCUT2D eigenvalue weighted by atomic mass is 16.5. The van der Waals surface area contributed by atoms with Crippen LogP contribution in [0.25, 0.3) is 22.2 Å². The maximum absolute atomic E-state index is 6.11. The first-order chi connectivity index (χ1) is 14.6. The Labute approximate surface area is 178 Å². The summed E-state index contributed by atoms with van der Waals surface area (Å²) in [5, 5.41) is 1.23. The van der Waals surface area contributed by atoms with E-state index in [4.69, 9.17) is 10.5 Å². The van der Waals surface area contributed by atoms with E-state index in [9.17, 15) is 0 Å². The predicted molar refractivity (Wildman–Crippen MR) is 126 cm³/mol. The Morgan fingerprint density at radius 3 is 2.27 bits per heavy atom. The fraction of sp³-hybridized carbons (Fsp3) is 0.259. The lowest BCUT2D eigenvalue weighted by Gasteiger charge is -2.13. The smallest absolute Gasteiger partial charge is 0.128 e. The highest BCUT2D eigenvalue weighted by Crippen LogP contribution is 2.37. The predicted octanol–water partition coefficient (Wildman–Crippen LogP) is 6.83. The number of aryl methyl sites for hydroxylation is 4. The van der Waals surface area contributed by atoms with Crippen molar-refractivity contribution >= 4 is 10.9 Å². The molecule has 0 spiro atoms. The minimum absolute atomic E-state index is 0.725. The van der Waals surface area contributed by atoms with Crippen molar-refractivity contribution in [3.05, 3.63) is 82.9 Å². The summed E-state index contributed by atoms with van der Waals surface area (Å²) in [4.78, 5) is 3.71. The van der Waals surface area contributed by atoms with E-state index in [0.29, 0.717) is 0 Å². The molecule has 0 amide bonds. The molecule has 3 heteroatoms. The van der Waals surface area contributed by atoms with Gasteiger partial charge in [-0.05, 0) is 93.6 Å². The van der Waals surface area contributed by atoms with Gasteiger partial charge in [-0.15, -0.1) is 0 Å². The molecule has 0 fully saturated rings. The summed E-state index contributed by atoms with van der Waals surface area (Å²) < 4.78 is 6.11. The van der Waals surface area contributed by atoms with Crippen molar-refractivity contribution in [2.75, 3.05) is 6.54 Å². The molecule has 3 nitrogen and oxygen atoms in total. The van der Waals surface area contributed by atoms with E-state index in [1.807, 2.05) is 36.4 Å². The van der Waals surface area contributed by atoms with Crippen LogP contribution in [-0.2, 0) is 6.42 Å². The Balaban J connectivity index is 1.83. The quantitative estimate of drug-likeness (QED) is 0.335. The Hall–Kier alpha value is -3.04. The van der Waals surface area contributed by atoms with Crippen molar-refractivity contribution in [2.45, 2.75) is 40.0 Å². The molecule has 3 aromatic carbocycles. The van der Waals surface area contributed by atoms with Gasteiger partial charge in [-0.25, -0.2) is 0 Å². The van der Waals surface area contributed by atoms with Crippen LogP contribution in [-0.4, -0.2) is 11.5 Å². The fourth-order valence-corrected chi connectivity index (χ4v) is 4.41. The van der Waals surface area contributed by atoms with E-state index >= 15 is 0 Å². The minimum atomic E-state index is 0.725. The summed E-state index contributed by atoms with van der Waals surface area (Å²) in [5.41, 5.74) is 14.7. The molecule has 3 N–H and O–H groups in total. The van der Waals surface area contributed by atoms with E-state index in [-0.39, 0.29) is 0 Å². The first kappa shape index (κ1) is 20.2. The van der Waals surface area contributed by atoms with Gasteiger partial charge in [0.05, 0.1) is 5.69 Å². The lowest BCUT2D eigenvalue weighted by Crippen LogP contribution is -2.00. The second kappa shape index (κ2) is 8.76. The normalized spacial score (nSPS) is 11.2. The SMILES string of the molecule is Cc1cc(C)c(-c2[nH]c3ccc(Oc4ccccc4)cc3c2CCCCN)c(C)c1. The van der Waals surface area contributed by atoms with Crippen molar-refractivity contribution in [2.24, 2.45) is 5.73 Å². The minimum Gasteiger partial charge on any atom is -0.457 e. The first-order valence-electron chi connectivity index (χ1n) is 10.7. The van der Waals surface area contributed by atoms with Crippen LogP contribution in [0.3, 0.4) is 0 Å². The number of benzene rings is 3. The number of nitrogens with one attached hydrogen (secondary N) is 1. The molecule has 4 aromatic rings. The second-order valence-corrected chi connectivity index (χ2v) is 8.12. The van der Waals surface area contributed by atoms with Gasteiger partial charge in [-0.2, -0.15) is 0 Å². The van der Waals surface area contributed by atoms with Crippen LogP contribution in [0, 0.1) is 20.8 Å². The number of H-pyrrole nitrogens is 1. The molecule has 1 aromatic heterocycles. The number of hydrogen-bond acceptors (Lipinski definition) is 2. The average Bonchev–Trinajstić information content (AvgIpc) is 3.06. The van der Waals surface area contributed by atoms with Crippen molar-refractivity contribution in [1.29, 1.82) is 0 Å². The van der Waals surface area contributed by atoms with E-state index in [0.717, 1.165) is 42.8 Å². The molecule has 30 heavy (non-hydrogen) atoms. The number of ether oxygens (including phenoxy) is 1. The summed E-state index contributed by atoms with van der Waals surface area (Å²) in [6, 6.07) is 20.8. The number of rotatable bonds is 7. The van der Waals surface area contributed by atoms with Crippen LogP contribution in [0.15, 0.2) is 60.7 Å². The zero-order valence-electron chi connectivity index (χ0n) is 18.1. The molecule has 0 radical (unpaired) electrons. The molecule has 0 aliphatic carbocycles. The van der Waals surface area contributed by atoms with Gasteiger partial charge in [0, 0.05) is 16.5 Å². The highest BCUT2D eigenvalue weighted by Gasteiger charge is 2.17. The molecule has 0 saturated heterocycles. The van der Waals surface area contributed by atoms with Gasteiger partial charge in [0.2, 0.25) is 0 Å². The molecule has 0 atom stereocenters. The lowest BCUT2D eigenvalue weighted by atomic mass is 9.93. The van der Waals surface area contributed by atoms with Crippen molar-refractivity contribution in [1.82, 2.24) is 4.98 Å². The number of unbranched alkanes of at least 4 members (excludes halogenated alkanes) is 1. The van der Waals surface area contributed by atoms with E-state index in [1.54, 1.807) is 0 Å². The van der Waals surface area contributed by atoms with Crippen LogP contribution in [0.2, 0.25) is 0 Å². The standard InChI is InChI=1S/C27H30N2O/c1-18-15-19(2)26(20(3)16-18)27-23(11-7-8-14-28)24-17-22(12-13-25(24)29-27)30-21-9-5-4-6-10-21/h4-6,9-10,12-13,15-17,29H,7-8,11,14,28H2,1-3H3. The highest BCUT2D eigenvalue weighted by molar-refractivity contribution is 5.93. The third-order valence-corrected chi connectivity index (χ3v) is 5.66. The Morgan fingerprint density at radius 1 is 0.833 bits per heavy atom. The second-order valence-electron chi connectivity index (χ2n) is 8.12. The van der Waals surface area contributed by atoms with Gasteiger partial charge in [0.1, 0.15) is 11.5 Å². The number of nitrogens with two attached hydrogens (primary N) is 1. The Kier molecular flexibility index (Phi) is 5.91. The fourth-order valence-electron chi connectivity index (χ4n) is 4.41. The van der Waals surface area contributed by atoms with Gasteiger partial charge in [0.15, 0.2) is 0 Å². The van der Waals surface area contributed by atoms with Gasteiger partial charge in [0.25, 0.3) is 0 Å². The van der Waals surface area contributed by atoms with Crippen LogP contribution in [0.1, 0.15) is 35.1 Å². The summed E-state index contributed by atoms with van der Waals surface area (Å²) in [7, 11) is 0. The molecule has 0 bridgehead atoms. The number of hydrogen-bond donors (Lipinski definition) is 2. The summed E-state index contributed by atoms with van der Waals surface area (Å²) in [6.07, 6.45) is 3.09. The van der Waals surface area contributed by atoms with Crippen LogP contribution in [0.4, 0.5) is 0 Å². The summed E-state index contributed by atoms with van der Waals surface area (Å²) in [5.74, 6) is 1.71. The molecule has 0 aliphatic rings. The zero-order chi connectivity index (χ0) is 21.1. The Bertz CT molecular complexity index is 1140. The number of fused-ring (bicyclic) bond motifs is 1. The molecule has 1 heterocycles. The average molecular weight is 399 g/mol. The maximum atomic E-state index is 6.11. The molecular weight excluding hydrogens is 368 g/mol. The van der Waals surface area contributed by atoms with Gasteiger partial charge >= 0.3 is 0 Å². The van der Waals surface area contributed by atoms with Crippen LogP contribution < -0.4 is 10.5 Å². The van der Waals surface area contributed by atoms with E-state index in [2.05, 4.69) is 50.0 Å². The topological polar surface area (TPSA) is 51.0 Å². The summed E-state index contributed by atoms with van der Waals surface area (Å²) >= 11 is 0. The third kappa shape index (κ3) is 4.12. The monoisotopic (exact) mass is 398 g/mol. The maximum Gasteiger partial charge on any atom is 0.128 e. The largest absolute Gasteiger partial charge is 0.457 e. The van der Waals surface area contributed by atoms with Crippen molar-refractivity contribution < 1.29 is 4.74 Å².